The lowest BCUT2D eigenvalue weighted by Crippen LogP contribution is -2.49. The van der Waals surface area contributed by atoms with Gasteiger partial charge in [0.2, 0.25) is 5.13 Å². The molecule has 0 aliphatic carbocycles. The molecule has 4 rings (SSSR count). The zero-order chi connectivity index (χ0) is 19.0. The van der Waals surface area contributed by atoms with Crippen LogP contribution in [0.4, 0.5) is 5.13 Å². The molecule has 2 aromatic heterocycles. The van der Waals surface area contributed by atoms with Crippen LogP contribution in [-0.2, 0) is 0 Å². The van der Waals surface area contributed by atoms with Crippen LogP contribution < -0.4 is 4.90 Å². The van der Waals surface area contributed by atoms with Crippen LogP contribution in [-0.4, -0.2) is 47.2 Å². The molecule has 0 radical (unpaired) electrons. The fourth-order valence-electron chi connectivity index (χ4n) is 2.83. The van der Waals surface area contributed by atoms with Gasteiger partial charge in [0.1, 0.15) is 0 Å². The van der Waals surface area contributed by atoms with Gasteiger partial charge in [0, 0.05) is 26.2 Å². The second kappa shape index (κ2) is 7.93. The van der Waals surface area contributed by atoms with Crippen LogP contribution in [0.2, 0.25) is 15.1 Å². The van der Waals surface area contributed by atoms with Crippen LogP contribution >= 0.6 is 57.5 Å². The molecule has 10 heteroatoms. The van der Waals surface area contributed by atoms with Crippen molar-refractivity contribution >= 4 is 68.5 Å². The molecular formula is C17H13Cl3N4OS2. The van der Waals surface area contributed by atoms with Crippen molar-refractivity contribution < 1.29 is 4.79 Å². The minimum Gasteiger partial charge on any atom is -0.343 e. The van der Waals surface area contributed by atoms with Crippen molar-refractivity contribution in [3.8, 4) is 9.88 Å². The summed E-state index contributed by atoms with van der Waals surface area (Å²) in [5.74, 6) is -0.205. The van der Waals surface area contributed by atoms with E-state index in [-0.39, 0.29) is 16.5 Å². The first-order valence-corrected chi connectivity index (χ1v) is 10.9. The van der Waals surface area contributed by atoms with Gasteiger partial charge in [-0.15, -0.1) is 21.5 Å². The van der Waals surface area contributed by atoms with E-state index in [2.05, 4.69) is 15.1 Å². The third-order valence-corrected chi connectivity index (χ3v) is 7.38. The predicted octanol–water partition coefficient (Wildman–Crippen LogP) is 5.19. The zero-order valence-corrected chi connectivity index (χ0v) is 17.8. The van der Waals surface area contributed by atoms with E-state index < -0.39 is 0 Å². The van der Waals surface area contributed by atoms with Gasteiger partial charge >= 0.3 is 0 Å². The molecule has 3 heterocycles. The van der Waals surface area contributed by atoms with Gasteiger partial charge in [-0.3, -0.25) is 4.79 Å². The summed E-state index contributed by atoms with van der Waals surface area (Å²) < 4.78 is 0. The Labute approximate surface area is 179 Å². The number of piperazine rings is 1. The van der Waals surface area contributed by atoms with Gasteiger partial charge < -0.3 is 9.80 Å². The summed E-state index contributed by atoms with van der Waals surface area (Å²) in [5, 5.41) is 13.2. The Kier molecular flexibility index (Phi) is 5.57. The quantitative estimate of drug-likeness (QED) is 0.506. The maximum absolute atomic E-state index is 12.9. The minimum absolute atomic E-state index is 0.196. The molecule has 0 spiro atoms. The third kappa shape index (κ3) is 3.79. The molecule has 1 amide bonds. The Morgan fingerprint density at radius 2 is 1.74 bits per heavy atom. The summed E-state index contributed by atoms with van der Waals surface area (Å²) in [6.07, 6.45) is 0. The Hall–Kier alpha value is -1.38. The second-order valence-corrected chi connectivity index (χ2v) is 8.96. The monoisotopic (exact) mass is 458 g/mol. The summed E-state index contributed by atoms with van der Waals surface area (Å²) in [7, 11) is 0. The van der Waals surface area contributed by atoms with Gasteiger partial charge in [-0.2, -0.15) is 0 Å². The van der Waals surface area contributed by atoms with E-state index >= 15 is 0 Å². The summed E-state index contributed by atoms with van der Waals surface area (Å²) >= 11 is 21.6. The number of carbonyl (C=O) groups is 1. The number of thiophene rings is 1. The average Bonchev–Trinajstić information content (AvgIpc) is 3.36. The van der Waals surface area contributed by atoms with E-state index in [0.29, 0.717) is 36.2 Å². The van der Waals surface area contributed by atoms with Crippen LogP contribution in [0, 0.1) is 0 Å². The van der Waals surface area contributed by atoms with E-state index in [4.69, 9.17) is 34.8 Å². The Balaban J connectivity index is 1.45. The van der Waals surface area contributed by atoms with Crippen LogP contribution in [0.15, 0.2) is 29.6 Å². The van der Waals surface area contributed by atoms with Crippen molar-refractivity contribution in [1.29, 1.82) is 0 Å². The van der Waals surface area contributed by atoms with Crippen LogP contribution in [0.1, 0.15) is 10.4 Å². The minimum atomic E-state index is -0.205. The molecule has 1 aromatic carbocycles. The molecular weight excluding hydrogens is 447 g/mol. The van der Waals surface area contributed by atoms with Gasteiger partial charge in [-0.1, -0.05) is 52.2 Å². The normalized spacial score (nSPS) is 14.6. The molecule has 1 fully saturated rings. The lowest BCUT2D eigenvalue weighted by Gasteiger charge is -2.34. The van der Waals surface area contributed by atoms with Crippen LogP contribution in [0.3, 0.4) is 0 Å². The molecule has 0 saturated carbocycles. The molecule has 0 atom stereocenters. The van der Waals surface area contributed by atoms with Gasteiger partial charge in [0.15, 0.2) is 5.01 Å². The van der Waals surface area contributed by atoms with Gasteiger partial charge in [0.25, 0.3) is 5.91 Å². The average molecular weight is 460 g/mol. The number of hydrogen-bond acceptors (Lipinski definition) is 6. The molecule has 27 heavy (non-hydrogen) atoms. The van der Waals surface area contributed by atoms with Crippen molar-refractivity contribution in [3.63, 3.8) is 0 Å². The van der Waals surface area contributed by atoms with Crippen molar-refractivity contribution in [2.24, 2.45) is 0 Å². The van der Waals surface area contributed by atoms with E-state index in [1.165, 1.54) is 0 Å². The fraction of sp³-hybridized carbons (Fsp3) is 0.235. The molecule has 1 aliphatic heterocycles. The first kappa shape index (κ1) is 19.0. The number of aromatic nitrogens is 2. The van der Waals surface area contributed by atoms with Crippen LogP contribution in [0.25, 0.3) is 9.88 Å². The lowest BCUT2D eigenvalue weighted by molar-refractivity contribution is 0.0747. The maximum Gasteiger partial charge on any atom is 0.257 e. The molecule has 0 N–H and O–H groups in total. The highest BCUT2D eigenvalue weighted by molar-refractivity contribution is 7.22. The van der Waals surface area contributed by atoms with Crippen molar-refractivity contribution in [2.75, 3.05) is 31.1 Å². The van der Waals surface area contributed by atoms with Crippen molar-refractivity contribution in [3.05, 3.63) is 50.3 Å². The van der Waals surface area contributed by atoms with Crippen LogP contribution in [0.5, 0.6) is 0 Å². The standard InChI is InChI=1S/C17H13Cl3N4OS2/c18-10-3-4-11(19)14(20)13(10)16(25)23-5-7-24(8-6-23)17-22-21-15(27-17)12-2-1-9-26-12/h1-4,9H,5-8H2. The molecule has 5 nitrogen and oxygen atoms in total. The SMILES string of the molecule is O=C(c1c(Cl)ccc(Cl)c1Cl)N1CCN(c2nnc(-c3cccs3)s2)CC1. The summed E-state index contributed by atoms with van der Waals surface area (Å²) in [4.78, 5) is 17.8. The number of halogens is 3. The highest BCUT2D eigenvalue weighted by Gasteiger charge is 2.27. The first-order chi connectivity index (χ1) is 13.0. The number of nitrogens with zero attached hydrogens (tertiary/aromatic N) is 4. The molecule has 3 aromatic rings. The Bertz CT molecular complexity index is 969. The number of hydrogen-bond donors (Lipinski definition) is 0. The maximum atomic E-state index is 12.9. The highest BCUT2D eigenvalue weighted by atomic mass is 35.5. The molecule has 0 bridgehead atoms. The topological polar surface area (TPSA) is 49.3 Å². The largest absolute Gasteiger partial charge is 0.343 e. The highest BCUT2D eigenvalue weighted by Crippen LogP contribution is 2.34. The first-order valence-electron chi connectivity index (χ1n) is 8.09. The summed E-state index contributed by atoms with van der Waals surface area (Å²) in [5.41, 5.74) is 0.259. The van der Waals surface area contributed by atoms with Gasteiger partial charge in [0.05, 0.1) is 25.5 Å². The summed E-state index contributed by atoms with van der Waals surface area (Å²) in [6.45, 7) is 2.43. The van der Waals surface area contributed by atoms with E-state index in [1.807, 2.05) is 17.5 Å². The number of anilines is 1. The predicted molar refractivity (Wildman–Crippen MR) is 113 cm³/mol. The number of benzene rings is 1. The zero-order valence-electron chi connectivity index (χ0n) is 13.9. The molecule has 1 aliphatic rings. The third-order valence-electron chi connectivity index (χ3n) is 4.24. The number of carbonyl (C=O) groups excluding carboxylic acids is 1. The Morgan fingerprint density at radius 3 is 2.44 bits per heavy atom. The van der Waals surface area contributed by atoms with Gasteiger partial charge in [-0.05, 0) is 23.6 Å². The number of rotatable bonds is 3. The van der Waals surface area contributed by atoms with E-state index in [0.717, 1.165) is 15.0 Å². The Morgan fingerprint density at radius 1 is 1.00 bits per heavy atom. The second-order valence-electron chi connectivity index (χ2n) is 5.86. The lowest BCUT2D eigenvalue weighted by atomic mass is 10.1. The number of amides is 1. The van der Waals surface area contributed by atoms with Crippen molar-refractivity contribution in [1.82, 2.24) is 15.1 Å². The molecule has 0 unspecified atom stereocenters. The summed E-state index contributed by atoms with van der Waals surface area (Å²) in [6, 6.07) is 7.20. The fourth-order valence-corrected chi connectivity index (χ4v) is 5.20. The van der Waals surface area contributed by atoms with E-state index in [9.17, 15) is 4.79 Å². The smallest absolute Gasteiger partial charge is 0.257 e. The van der Waals surface area contributed by atoms with Gasteiger partial charge in [-0.25, -0.2) is 0 Å². The van der Waals surface area contributed by atoms with E-state index in [1.54, 1.807) is 39.7 Å². The van der Waals surface area contributed by atoms with Crippen molar-refractivity contribution in [2.45, 2.75) is 0 Å². The molecule has 140 valence electrons. The molecule has 1 saturated heterocycles.